The van der Waals surface area contributed by atoms with Gasteiger partial charge in [0.2, 0.25) is 0 Å². The average molecular weight is 274 g/mol. The van der Waals surface area contributed by atoms with E-state index in [2.05, 4.69) is 6.92 Å². The minimum atomic E-state index is -0.326. The molecule has 0 spiro atoms. The molecule has 0 bridgehead atoms. The second kappa shape index (κ2) is 5.90. The molecule has 0 saturated heterocycles. The molecular formula is C16H18O4. The summed E-state index contributed by atoms with van der Waals surface area (Å²) in [4.78, 5) is 23.4. The van der Waals surface area contributed by atoms with Crippen LogP contribution in [-0.4, -0.2) is 25.7 Å². The molecule has 1 aromatic carbocycles. The van der Waals surface area contributed by atoms with Crippen LogP contribution in [0.5, 0.6) is 0 Å². The van der Waals surface area contributed by atoms with Crippen LogP contribution in [0.15, 0.2) is 18.2 Å². The van der Waals surface area contributed by atoms with Crippen LogP contribution in [0, 0.1) is 6.92 Å². The Morgan fingerprint density at radius 1 is 1.35 bits per heavy atom. The number of hydrogen-bond donors (Lipinski definition) is 0. The van der Waals surface area contributed by atoms with E-state index >= 15 is 0 Å². The molecule has 106 valence electrons. The predicted octanol–water partition coefficient (Wildman–Crippen LogP) is 2.21. The Hall–Kier alpha value is -2.10. The lowest BCUT2D eigenvalue weighted by atomic mass is 9.89. The number of carbonyl (C=O) groups is 2. The van der Waals surface area contributed by atoms with Gasteiger partial charge in [-0.2, -0.15) is 0 Å². The van der Waals surface area contributed by atoms with Gasteiger partial charge in [-0.15, -0.1) is 0 Å². The fourth-order valence-corrected chi connectivity index (χ4v) is 2.51. The molecule has 0 aromatic heterocycles. The zero-order valence-electron chi connectivity index (χ0n) is 12.0. The second-order valence-electron chi connectivity index (χ2n) is 4.71. The van der Waals surface area contributed by atoms with E-state index in [-0.39, 0.29) is 18.4 Å². The number of methoxy groups -OCH3 is 1. The zero-order chi connectivity index (χ0) is 14.7. The van der Waals surface area contributed by atoms with E-state index in [9.17, 15) is 9.59 Å². The lowest BCUT2D eigenvalue weighted by Gasteiger charge is -2.15. The summed E-state index contributed by atoms with van der Waals surface area (Å²) in [6.07, 6.45) is 2.80. The number of cyclic esters (lactones) is 1. The summed E-state index contributed by atoms with van der Waals surface area (Å²) in [5, 5.41) is 0. The van der Waals surface area contributed by atoms with Crippen molar-refractivity contribution in [2.24, 2.45) is 0 Å². The number of carbonyl (C=O) groups excluding carboxylic acids is 2. The van der Waals surface area contributed by atoms with Crippen LogP contribution in [0.1, 0.15) is 29.2 Å². The highest BCUT2D eigenvalue weighted by atomic mass is 16.5. The van der Waals surface area contributed by atoms with Crippen LogP contribution < -0.4 is 0 Å². The van der Waals surface area contributed by atoms with Gasteiger partial charge in [0.1, 0.15) is 6.61 Å². The Morgan fingerprint density at radius 3 is 2.60 bits per heavy atom. The summed E-state index contributed by atoms with van der Waals surface area (Å²) in [6, 6.07) is 3.89. The Balaban J connectivity index is 2.54. The number of hydrogen-bond acceptors (Lipinski definition) is 4. The first kappa shape index (κ1) is 14.3. The minimum Gasteiger partial charge on any atom is -0.469 e. The van der Waals surface area contributed by atoms with Gasteiger partial charge in [-0.25, -0.2) is 4.79 Å². The monoisotopic (exact) mass is 274 g/mol. The van der Waals surface area contributed by atoms with Gasteiger partial charge in [-0.1, -0.05) is 19.1 Å². The molecule has 0 fully saturated rings. The van der Waals surface area contributed by atoms with Gasteiger partial charge in [0.05, 0.1) is 19.1 Å². The molecule has 1 heterocycles. The number of esters is 2. The molecule has 0 radical (unpaired) electrons. The van der Waals surface area contributed by atoms with Gasteiger partial charge >= 0.3 is 11.9 Å². The summed E-state index contributed by atoms with van der Waals surface area (Å²) in [5.41, 5.74) is 4.36. The maximum absolute atomic E-state index is 11.8. The van der Waals surface area contributed by atoms with E-state index in [4.69, 9.17) is 9.47 Å². The van der Waals surface area contributed by atoms with Gasteiger partial charge in [0.15, 0.2) is 0 Å². The molecule has 0 atom stereocenters. The predicted molar refractivity (Wildman–Crippen MR) is 75.2 cm³/mol. The van der Waals surface area contributed by atoms with Crippen LogP contribution in [0.2, 0.25) is 0 Å². The van der Waals surface area contributed by atoms with Crippen molar-refractivity contribution in [3.63, 3.8) is 0 Å². The largest absolute Gasteiger partial charge is 0.469 e. The Morgan fingerprint density at radius 2 is 2.05 bits per heavy atom. The van der Waals surface area contributed by atoms with E-state index in [1.54, 1.807) is 6.08 Å². The van der Waals surface area contributed by atoms with Crippen molar-refractivity contribution in [3.05, 3.63) is 40.5 Å². The van der Waals surface area contributed by atoms with Gasteiger partial charge in [0, 0.05) is 0 Å². The van der Waals surface area contributed by atoms with Crippen LogP contribution in [0.25, 0.3) is 5.57 Å². The molecule has 0 saturated carbocycles. The molecule has 4 nitrogen and oxygen atoms in total. The van der Waals surface area contributed by atoms with Crippen molar-refractivity contribution < 1.29 is 19.1 Å². The third-order valence-electron chi connectivity index (χ3n) is 3.60. The third-order valence-corrected chi connectivity index (χ3v) is 3.60. The highest BCUT2D eigenvalue weighted by Gasteiger charge is 2.24. The summed E-state index contributed by atoms with van der Waals surface area (Å²) in [5.74, 6) is -0.644. The molecule has 1 aromatic rings. The summed E-state index contributed by atoms with van der Waals surface area (Å²) >= 11 is 0. The van der Waals surface area contributed by atoms with Crippen LogP contribution in [0.4, 0.5) is 0 Å². The quantitative estimate of drug-likeness (QED) is 0.790. The molecule has 2 rings (SSSR count). The van der Waals surface area contributed by atoms with Crippen molar-refractivity contribution >= 4 is 17.5 Å². The van der Waals surface area contributed by atoms with Crippen LogP contribution >= 0.6 is 0 Å². The fourth-order valence-electron chi connectivity index (χ4n) is 2.51. The van der Waals surface area contributed by atoms with E-state index in [1.807, 2.05) is 19.1 Å². The van der Waals surface area contributed by atoms with E-state index in [1.165, 1.54) is 7.11 Å². The van der Waals surface area contributed by atoms with Gasteiger partial charge in [-0.05, 0) is 41.7 Å². The molecule has 0 amide bonds. The maximum Gasteiger partial charge on any atom is 0.338 e. The summed E-state index contributed by atoms with van der Waals surface area (Å²) < 4.78 is 9.71. The Kier molecular flexibility index (Phi) is 4.23. The molecule has 0 N–H and O–H groups in total. The topological polar surface area (TPSA) is 52.6 Å². The highest BCUT2D eigenvalue weighted by Crippen LogP contribution is 2.30. The van der Waals surface area contributed by atoms with Crippen LogP contribution in [0.3, 0.4) is 0 Å². The molecule has 0 unspecified atom stereocenters. The highest BCUT2D eigenvalue weighted by molar-refractivity contribution is 6.19. The van der Waals surface area contributed by atoms with Crippen molar-refractivity contribution in [3.8, 4) is 0 Å². The van der Waals surface area contributed by atoms with E-state index in [0.29, 0.717) is 12.2 Å². The first-order valence-electron chi connectivity index (χ1n) is 6.64. The summed E-state index contributed by atoms with van der Waals surface area (Å²) in [6.45, 7) is 4.33. The molecule has 0 aliphatic carbocycles. The number of ether oxygens (including phenoxy) is 2. The Labute approximate surface area is 118 Å². The third kappa shape index (κ3) is 2.59. The average Bonchev–Trinajstić information content (AvgIpc) is 2.85. The molecule has 1 aliphatic heterocycles. The van der Waals surface area contributed by atoms with Crippen LogP contribution in [-0.2, 0) is 31.9 Å². The Bertz CT molecular complexity index is 584. The van der Waals surface area contributed by atoms with E-state index in [0.717, 1.165) is 28.7 Å². The van der Waals surface area contributed by atoms with Gasteiger partial charge < -0.3 is 9.47 Å². The maximum atomic E-state index is 11.8. The lowest BCUT2D eigenvalue weighted by Crippen LogP contribution is -2.11. The number of rotatable bonds is 4. The van der Waals surface area contributed by atoms with Gasteiger partial charge in [-0.3, -0.25) is 4.79 Å². The normalized spacial score (nSPS) is 13.9. The molecule has 1 aliphatic rings. The van der Waals surface area contributed by atoms with Crippen molar-refractivity contribution in [1.82, 2.24) is 0 Å². The first-order valence-corrected chi connectivity index (χ1v) is 6.64. The second-order valence-corrected chi connectivity index (χ2v) is 4.71. The lowest BCUT2D eigenvalue weighted by molar-refractivity contribution is -0.140. The fraction of sp³-hybridized carbons (Fsp3) is 0.375. The van der Waals surface area contributed by atoms with Gasteiger partial charge in [0.25, 0.3) is 0 Å². The van der Waals surface area contributed by atoms with Crippen molar-refractivity contribution in [1.29, 1.82) is 0 Å². The SMILES string of the molecule is CCc1ccc(CC(=O)OC)c(C2=CCOC2=O)c1C. The molecular weight excluding hydrogens is 256 g/mol. The number of benzene rings is 1. The first-order chi connectivity index (χ1) is 9.58. The standard InChI is InChI=1S/C16H18O4/c1-4-11-5-6-12(9-14(17)19-3)15(10(11)2)13-7-8-20-16(13)18/h5-7H,4,8-9H2,1-3H3. The summed E-state index contributed by atoms with van der Waals surface area (Å²) in [7, 11) is 1.36. The van der Waals surface area contributed by atoms with E-state index < -0.39 is 0 Å². The molecule has 20 heavy (non-hydrogen) atoms. The number of aryl methyl sites for hydroxylation is 1. The zero-order valence-corrected chi connectivity index (χ0v) is 12.0. The minimum absolute atomic E-state index is 0.154. The molecule has 4 heteroatoms. The smallest absolute Gasteiger partial charge is 0.338 e. The van der Waals surface area contributed by atoms with Crippen molar-refractivity contribution in [2.75, 3.05) is 13.7 Å². The van der Waals surface area contributed by atoms with Crippen molar-refractivity contribution in [2.45, 2.75) is 26.7 Å².